The van der Waals surface area contributed by atoms with Crippen molar-refractivity contribution < 1.29 is 33.0 Å². The van der Waals surface area contributed by atoms with Gasteiger partial charge < -0.3 is 29.4 Å². The van der Waals surface area contributed by atoms with Gasteiger partial charge in [-0.15, -0.1) is 0 Å². The molecule has 2 aliphatic rings. The summed E-state index contributed by atoms with van der Waals surface area (Å²) < 4.78 is 25.8. The third kappa shape index (κ3) is 5.18. The normalized spacial score (nSPS) is 18.4. The van der Waals surface area contributed by atoms with Gasteiger partial charge >= 0.3 is 12.1 Å². The minimum absolute atomic E-state index is 0.171. The number of nitrogens with one attached hydrogen (secondary N) is 1. The Morgan fingerprint density at radius 2 is 1.88 bits per heavy atom. The van der Waals surface area contributed by atoms with Crippen LogP contribution < -0.4 is 20.0 Å². The number of carboxylic acids is 1. The Hall–Kier alpha value is -3.76. The number of hydrogen-bond donors (Lipinski definition) is 2. The van der Waals surface area contributed by atoms with Gasteiger partial charge in [-0.25, -0.2) is 9.18 Å². The Morgan fingerprint density at radius 3 is 2.55 bits per heavy atom. The maximum Gasteiger partial charge on any atom is 0.414 e. The molecule has 0 bridgehead atoms. The molecule has 0 spiro atoms. The number of aliphatic carboxylic acids is 1. The monoisotopic (exact) mass is 460 g/mol. The number of cyclic esters (lactones) is 1. The molecule has 2 fully saturated rings. The fraction of sp³-hybridized carbons (Fsp3) is 0.409. The third-order valence-corrected chi connectivity index (χ3v) is 5.60. The lowest BCUT2D eigenvalue weighted by atomic mass is 10.2. The van der Waals surface area contributed by atoms with Crippen LogP contribution >= 0.6 is 0 Å². The van der Waals surface area contributed by atoms with E-state index < -0.39 is 24.0 Å². The highest BCUT2D eigenvalue weighted by Gasteiger charge is 2.33. The fourth-order valence-electron chi connectivity index (χ4n) is 3.96. The first-order chi connectivity index (χ1) is 15.8. The van der Waals surface area contributed by atoms with Crippen molar-refractivity contribution in [3.8, 4) is 0 Å². The average Bonchev–Trinajstić information content (AvgIpc) is 3.38. The van der Waals surface area contributed by atoms with Crippen LogP contribution in [0.1, 0.15) is 12.7 Å². The van der Waals surface area contributed by atoms with Gasteiger partial charge in [-0.2, -0.15) is 0 Å². The summed E-state index contributed by atoms with van der Waals surface area (Å²) in [5.74, 6) is -0.622. The quantitative estimate of drug-likeness (QED) is 0.643. The summed E-state index contributed by atoms with van der Waals surface area (Å²) in [7, 11) is 0. The first kappa shape index (κ1) is 22.4. The molecule has 0 radical (unpaired) electrons. The highest BCUT2D eigenvalue weighted by atomic mass is 19.1. The van der Waals surface area contributed by atoms with Crippen LogP contribution in [0.3, 0.4) is 0 Å². The molecule has 11 heteroatoms. The summed E-state index contributed by atoms with van der Waals surface area (Å²) in [6, 6.07) is 8.04. The molecule has 2 N–H and O–H groups in total. The van der Waals surface area contributed by atoms with Crippen LogP contribution in [-0.2, 0) is 20.7 Å². The summed E-state index contributed by atoms with van der Waals surface area (Å²) in [6.07, 6.45) is -1.24. The number of carbonyl (C=O) groups excluding carboxylic acids is 2. The first-order valence-corrected chi connectivity index (χ1v) is 10.6. The van der Waals surface area contributed by atoms with Gasteiger partial charge in [0, 0.05) is 39.2 Å². The number of hydrogen-bond acceptors (Lipinski definition) is 7. The lowest BCUT2D eigenvalue weighted by molar-refractivity contribution is -0.136. The van der Waals surface area contributed by atoms with E-state index in [2.05, 4.69) is 5.32 Å². The highest BCUT2D eigenvalue weighted by molar-refractivity contribution is 5.90. The van der Waals surface area contributed by atoms with Gasteiger partial charge in [0.2, 0.25) is 5.91 Å². The molecule has 1 aromatic heterocycles. The average molecular weight is 460 g/mol. The topological polar surface area (TPSA) is 116 Å². The van der Waals surface area contributed by atoms with E-state index >= 15 is 0 Å². The standard InChI is InChI=1S/C22H25FN4O6/c1-14(28)24-12-17-13-27(22(31)33-17)15-2-4-19(18(23)10-15)25-6-8-26(9-7-25)20-5-3-16(32-20)11-21(29)30/h2-5,10,17H,6-9,11-13H2,1H3,(H,24,28)(H,29,30)/t17-/m0/s1. The summed E-state index contributed by atoms with van der Waals surface area (Å²) in [5.41, 5.74) is 0.832. The summed E-state index contributed by atoms with van der Waals surface area (Å²) in [5, 5.41) is 11.5. The van der Waals surface area contributed by atoms with Crippen LogP contribution in [0.2, 0.25) is 0 Å². The SMILES string of the molecule is CC(=O)NC[C@H]1CN(c2ccc(N3CCN(c4ccc(CC(=O)O)o4)CC3)c(F)c2)C(=O)O1. The Labute approximate surface area is 189 Å². The molecule has 4 rings (SSSR count). The molecule has 2 aliphatic heterocycles. The van der Waals surface area contributed by atoms with E-state index in [1.54, 1.807) is 24.3 Å². The van der Waals surface area contributed by atoms with Crippen LogP contribution in [0.4, 0.5) is 26.4 Å². The van der Waals surface area contributed by atoms with Crippen molar-refractivity contribution in [1.82, 2.24) is 5.32 Å². The summed E-state index contributed by atoms with van der Waals surface area (Å²) in [4.78, 5) is 39.3. The Bertz CT molecular complexity index is 1050. The van der Waals surface area contributed by atoms with Gasteiger partial charge in [0.1, 0.15) is 24.1 Å². The predicted octanol–water partition coefficient (Wildman–Crippen LogP) is 1.83. The molecule has 1 aromatic carbocycles. The maximum atomic E-state index is 14.9. The zero-order chi connectivity index (χ0) is 23.5. The molecule has 2 amide bonds. The van der Waals surface area contributed by atoms with Crippen LogP contribution in [0.5, 0.6) is 0 Å². The van der Waals surface area contributed by atoms with Gasteiger partial charge in [0.15, 0.2) is 5.88 Å². The third-order valence-electron chi connectivity index (χ3n) is 5.60. The Balaban J connectivity index is 1.36. The second-order valence-electron chi connectivity index (χ2n) is 7.97. The van der Waals surface area contributed by atoms with Gasteiger partial charge in [-0.05, 0) is 24.3 Å². The van der Waals surface area contributed by atoms with E-state index in [0.29, 0.717) is 49.2 Å². The lowest BCUT2D eigenvalue weighted by Crippen LogP contribution is -2.46. The van der Waals surface area contributed by atoms with Crippen molar-refractivity contribution in [3.63, 3.8) is 0 Å². The fourth-order valence-corrected chi connectivity index (χ4v) is 3.96. The van der Waals surface area contributed by atoms with Crippen molar-refractivity contribution >= 4 is 35.2 Å². The molecule has 0 aliphatic carbocycles. The molecule has 2 saturated heterocycles. The van der Waals surface area contributed by atoms with Crippen LogP contribution in [0.15, 0.2) is 34.7 Å². The van der Waals surface area contributed by atoms with E-state index in [9.17, 15) is 18.8 Å². The number of halogens is 1. The van der Waals surface area contributed by atoms with Crippen molar-refractivity contribution in [2.24, 2.45) is 0 Å². The molecule has 1 atom stereocenters. The molecule has 33 heavy (non-hydrogen) atoms. The molecule has 10 nitrogen and oxygen atoms in total. The molecular formula is C22H25FN4O6. The molecule has 2 aromatic rings. The van der Waals surface area contributed by atoms with Crippen LogP contribution in [-0.4, -0.2) is 68.4 Å². The minimum Gasteiger partial charge on any atom is -0.481 e. The summed E-state index contributed by atoms with van der Waals surface area (Å²) >= 11 is 0. The number of carbonyl (C=O) groups is 3. The zero-order valence-corrected chi connectivity index (χ0v) is 18.1. The molecule has 0 unspecified atom stereocenters. The number of anilines is 3. The zero-order valence-electron chi connectivity index (χ0n) is 18.1. The van der Waals surface area contributed by atoms with E-state index in [1.807, 2.05) is 9.80 Å². The van der Waals surface area contributed by atoms with Gasteiger partial charge in [-0.1, -0.05) is 0 Å². The van der Waals surface area contributed by atoms with Crippen LogP contribution in [0.25, 0.3) is 0 Å². The van der Waals surface area contributed by atoms with E-state index in [-0.39, 0.29) is 25.4 Å². The predicted molar refractivity (Wildman–Crippen MR) is 117 cm³/mol. The summed E-state index contributed by atoms with van der Waals surface area (Å²) in [6.45, 7) is 4.09. The van der Waals surface area contributed by atoms with Crippen molar-refractivity contribution in [2.45, 2.75) is 19.4 Å². The molecular weight excluding hydrogens is 435 g/mol. The van der Waals surface area contributed by atoms with Gasteiger partial charge in [-0.3, -0.25) is 14.5 Å². The Morgan fingerprint density at radius 1 is 1.15 bits per heavy atom. The van der Waals surface area contributed by atoms with E-state index in [0.717, 1.165) is 0 Å². The van der Waals surface area contributed by atoms with Gasteiger partial charge in [0.25, 0.3) is 0 Å². The lowest BCUT2D eigenvalue weighted by Gasteiger charge is -2.36. The number of amides is 2. The molecule has 176 valence electrons. The van der Waals surface area contributed by atoms with E-state index in [1.165, 1.54) is 17.9 Å². The molecule has 0 saturated carbocycles. The van der Waals surface area contributed by atoms with Crippen molar-refractivity contribution in [1.29, 1.82) is 0 Å². The molecule has 3 heterocycles. The highest BCUT2D eigenvalue weighted by Crippen LogP contribution is 2.29. The number of furan rings is 1. The minimum atomic E-state index is -0.954. The number of carboxylic acid groups (broad SMARTS) is 1. The number of piperazine rings is 1. The number of benzene rings is 1. The van der Waals surface area contributed by atoms with E-state index in [4.69, 9.17) is 14.3 Å². The number of ether oxygens (including phenoxy) is 1. The Kier molecular flexibility index (Phi) is 6.38. The number of rotatable bonds is 7. The smallest absolute Gasteiger partial charge is 0.414 e. The first-order valence-electron chi connectivity index (χ1n) is 10.6. The maximum absolute atomic E-state index is 14.9. The van der Waals surface area contributed by atoms with Crippen molar-refractivity contribution in [2.75, 3.05) is 54.0 Å². The van der Waals surface area contributed by atoms with Crippen LogP contribution in [0, 0.1) is 5.82 Å². The largest absolute Gasteiger partial charge is 0.481 e. The second-order valence-corrected chi connectivity index (χ2v) is 7.97. The number of nitrogens with zero attached hydrogens (tertiary/aromatic N) is 3. The second kappa shape index (κ2) is 9.39. The van der Waals surface area contributed by atoms with Gasteiger partial charge in [0.05, 0.1) is 24.5 Å². The van der Waals surface area contributed by atoms with Crippen molar-refractivity contribution in [3.05, 3.63) is 41.9 Å².